The van der Waals surface area contributed by atoms with Crippen LogP contribution in [-0.2, 0) is 19.1 Å². The molecule has 1 unspecified atom stereocenters. The number of hydrogen-bond donors (Lipinski definition) is 1. The standard InChI is InChI=1S/C24H26O6/c1-3-13-28-21(26)12-6-16-5-11-20-19(15-16)22(24(27)29-14-4-2)23(30-20)17-7-9-18(25)10-8-17/h5-12,15,22-23,25H,3-4,13-14H2,1-2H3/b12-6+/t22?,23-/m1/s1. The molecule has 2 aromatic rings. The number of carbonyl (C=O) groups excluding carboxylic acids is 2. The lowest BCUT2D eigenvalue weighted by molar-refractivity contribution is -0.147. The summed E-state index contributed by atoms with van der Waals surface area (Å²) < 4.78 is 16.6. The fourth-order valence-electron chi connectivity index (χ4n) is 3.27. The Balaban J connectivity index is 1.89. The number of carbonyl (C=O) groups is 2. The summed E-state index contributed by atoms with van der Waals surface area (Å²) in [5.74, 6) is -0.679. The SMILES string of the molecule is CCCOC(=O)/C=C/c1ccc2c(c1)C(C(=O)OCCC)[C@@H](c1ccc(O)cc1)O2. The first-order valence-electron chi connectivity index (χ1n) is 10.1. The summed E-state index contributed by atoms with van der Waals surface area (Å²) in [6.07, 6.45) is 3.95. The van der Waals surface area contributed by atoms with Gasteiger partial charge in [0.1, 0.15) is 23.5 Å². The highest BCUT2D eigenvalue weighted by molar-refractivity contribution is 5.87. The van der Waals surface area contributed by atoms with Gasteiger partial charge >= 0.3 is 11.9 Å². The topological polar surface area (TPSA) is 82.1 Å². The van der Waals surface area contributed by atoms with E-state index in [9.17, 15) is 14.7 Å². The zero-order valence-electron chi connectivity index (χ0n) is 17.2. The van der Waals surface area contributed by atoms with Crippen LogP contribution in [0.25, 0.3) is 6.08 Å². The molecule has 30 heavy (non-hydrogen) atoms. The lowest BCUT2D eigenvalue weighted by Gasteiger charge is -2.18. The Morgan fingerprint density at radius 1 is 1.03 bits per heavy atom. The molecule has 1 N–H and O–H groups in total. The van der Waals surface area contributed by atoms with E-state index in [2.05, 4.69) is 0 Å². The van der Waals surface area contributed by atoms with Gasteiger partial charge < -0.3 is 19.3 Å². The summed E-state index contributed by atoms with van der Waals surface area (Å²) in [5.41, 5.74) is 2.23. The Kier molecular flexibility index (Phi) is 7.12. The van der Waals surface area contributed by atoms with Crippen molar-refractivity contribution in [2.24, 2.45) is 0 Å². The van der Waals surface area contributed by atoms with Crippen LogP contribution in [0.2, 0.25) is 0 Å². The van der Waals surface area contributed by atoms with E-state index in [0.29, 0.717) is 24.5 Å². The van der Waals surface area contributed by atoms with Crippen LogP contribution in [0, 0.1) is 0 Å². The monoisotopic (exact) mass is 410 g/mol. The molecule has 2 atom stereocenters. The van der Waals surface area contributed by atoms with Gasteiger partial charge in [-0.15, -0.1) is 0 Å². The van der Waals surface area contributed by atoms with Gasteiger partial charge in [-0.05, 0) is 54.3 Å². The predicted molar refractivity (Wildman–Crippen MR) is 112 cm³/mol. The molecule has 0 radical (unpaired) electrons. The molecular formula is C24H26O6. The van der Waals surface area contributed by atoms with E-state index in [1.165, 1.54) is 6.08 Å². The van der Waals surface area contributed by atoms with Crippen molar-refractivity contribution in [2.45, 2.75) is 38.7 Å². The fourth-order valence-corrected chi connectivity index (χ4v) is 3.27. The normalized spacial score (nSPS) is 17.4. The van der Waals surface area contributed by atoms with Crippen LogP contribution in [-0.4, -0.2) is 30.3 Å². The van der Waals surface area contributed by atoms with E-state index in [1.54, 1.807) is 36.4 Å². The number of phenolic OH excluding ortho intramolecular Hbond substituents is 1. The van der Waals surface area contributed by atoms with Crippen molar-refractivity contribution < 1.29 is 28.9 Å². The summed E-state index contributed by atoms with van der Waals surface area (Å²) in [5, 5.41) is 9.58. The molecule has 0 amide bonds. The number of rotatable bonds is 8. The van der Waals surface area contributed by atoms with Crippen LogP contribution in [0.4, 0.5) is 0 Å². The quantitative estimate of drug-likeness (QED) is 0.509. The minimum Gasteiger partial charge on any atom is -0.508 e. The lowest BCUT2D eigenvalue weighted by atomic mass is 9.90. The molecule has 0 bridgehead atoms. The first-order valence-corrected chi connectivity index (χ1v) is 10.1. The van der Waals surface area contributed by atoms with Gasteiger partial charge in [0, 0.05) is 11.6 Å². The maximum absolute atomic E-state index is 12.9. The zero-order valence-corrected chi connectivity index (χ0v) is 17.2. The van der Waals surface area contributed by atoms with Crippen LogP contribution >= 0.6 is 0 Å². The molecule has 158 valence electrons. The second kappa shape index (κ2) is 9.96. The van der Waals surface area contributed by atoms with Crippen molar-refractivity contribution in [2.75, 3.05) is 13.2 Å². The minimum absolute atomic E-state index is 0.141. The molecule has 0 aromatic heterocycles. The molecule has 0 saturated carbocycles. The van der Waals surface area contributed by atoms with E-state index in [0.717, 1.165) is 24.0 Å². The van der Waals surface area contributed by atoms with Crippen molar-refractivity contribution in [3.8, 4) is 11.5 Å². The number of ether oxygens (including phenoxy) is 3. The number of benzene rings is 2. The van der Waals surface area contributed by atoms with E-state index < -0.39 is 18.0 Å². The lowest BCUT2D eigenvalue weighted by Crippen LogP contribution is -2.21. The van der Waals surface area contributed by atoms with E-state index >= 15 is 0 Å². The van der Waals surface area contributed by atoms with Gasteiger partial charge in [0.2, 0.25) is 0 Å². The van der Waals surface area contributed by atoms with Gasteiger partial charge in [0.05, 0.1) is 13.2 Å². The van der Waals surface area contributed by atoms with Crippen molar-refractivity contribution in [1.29, 1.82) is 0 Å². The van der Waals surface area contributed by atoms with Crippen LogP contribution < -0.4 is 4.74 Å². The van der Waals surface area contributed by atoms with Gasteiger partial charge in [-0.25, -0.2) is 4.79 Å². The van der Waals surface area contributed by atoms with Gasteiger partial charge in [-0.3, -0.25) is 4.79 Å². The third-order valence-electron chi connectivity index (χ3n) is 4.71. The number of phenols is 1. The number of aromatic hydroxyl groups is 1. The smallest absolute Gasteiger partial charge is 0.330 e. The summed E-state index contributed by atoms with van der Waals surface area (Å²) in [7, 11) is 0. The van der Waals surface area contributed by atoms with Crippen LogP contribution in [0.3, 0.4) is 0 Å². The largest absolute Gasteiger partial charge is 0.508 e. The predicted octanol–water partition coefficient (Wildman–Crippen LogP) is 4.53. The maximum Gasteiger partial charge on any atom is 0.330 e. The highest BCUT2D eigenvalue weighted by Crippen LogP contribution is 2.47. The summed E-state index contributed by atoms with van der Waals surface area (Å²) >= 11 is 0. The molecule has 6 nitrogen and oxygen atoms in total. The molecule has 0 saturated heterocycles. The third-order valence-corrected chi connectivity index (χ3v) is 4.71. The number of fused-ring (bicyclic) bond motifs is 1. The molecule has 1 aliphatic rings. The average Bonchev–Trinajstić information content (AvgIpc) is 3.13. The van der Waals surface area contributed by atoms with Crippen molar-refractivity contribution >= 4 is 18.0 Å². The van der Waals surface area contributed by atoms with E-state index in [4.69, 9.17) is 14.2 Å². The van der Waals surface area contributed by atoms with Crippen LogP contribution in [0.15, 0.2) is 48.5 Å². The third kappa shape index (κ3) is 5.00. The first-order chi connectivity index (χ1) is 14.5. The molecule has 2 aromatic carbocycles. The Morgan fingerprint density at radius 3 is 2.43 bits per heavy atom. The van der Waals surface area contributed by atoms with Crippen LogP contribution in [0.5, 0.6) is 11.5 Å². The highest BCUT2D eigenvalue weighted by atomic mass is 16.5. The molecule has 1 aliphatic heterocycles. The molecule has 1 heterocycles. The van der Waals surface area contributed by atoms with Gasteiger partial charge in [-0.1, -0.05) is 32.0 Å². The van der Waals surface area contributed by atoms with Crippen LogP contribution in [0.1, 0.15) is 55.4 Å². The first kappa shape index (κ1) is 21.4. The molecule has 0 spiro atoms. The molecule has 0 aliphatic carbocycles. The highest BCUT2D eigenvalue weighted by Gasteiger charge is 2.41. The van der Waals surface area contributed by atoms with Gasteiger partial charge in [0.15, 0.2) is 0 Å². The Labute approximate surface area is 176 Å². The minimum atomic E-state index is -0.642. The van der Waals surface area contributed by atoms with Crippen molar-refractivity contribution in [1.82, 2.24) is 0 Å². The molecule has 3 rings (SSSR count). The average molecular weight is 410 g/mol. The molecular weight excluding hydrogens is 384 g/mol. The summed E-state index contributed by atoms with van der Waals surface area (Å²) in [6, 6.07) is 12.0. The second-order valence-corrected chi connectivity index (χ2v) is 7.07. The summed E-state index contributed by atoms with van der Waals surface area (Å²) in [4.78, 5) is 24.6. The van der Waals surface area contributed by atoms with Gasteiger partial charge in [0.25, 0.3) is 0 Å². The summed E-state index contributed by atoms with van der Waals surface area (Å²) in [6.45, 7) is 4.57. The Hall–Kier alpha value is -3.28. The molecule has 0 fully saturated rings. The Morgan fingerprint density at radius 2 is 1.73 bits per heavy atom. The van der Waals surface area contributed by atoms with Crippen molar-refractivity contribution in [3.63, 3.8) is 0 Å². The van der Waals surface area contributed by atoms with Gasteiger partial charge in [-0.2, -0.15) is 0 Å². The fraction of sp³-hybridized carbons (Fsp3) is 0.333. The van der Waals surface area contributed by atoms with E-state index in [-0.39, 0.29) is 11.7 Å². The number of esters is 2. The zero-order chi connectivity index (χ0) is 21.5. The van der Waals surface area contributed by atoms with Crippen molar-refractivity contribution in [3.05, 3.63) is 65.2 Å². The maximum atomic E-state index is 12.9. The Bertz CT molecular complexity index is 916. The van der Waals surface area contributed by atoms with E-state index in [1.807, 2.05) is 26.0 Å². The number of hydrogen-bond acceptors (Lipinski definition) is 6. The second-order valence-electron chi connectivity index (χ2n) is 7.07. The molecule has 6 heteroatoms.